The zero-order valence-corrected chi connectivity index (χ0v) is 15.7. The second kappa shape index (κ2) is 9.34. The minimum absolute atomic E-state index is 0.206. The summed E-state index contributed by atoms with van der Waals surface area (Å²) in [7, 11) is 0. The third-order valence-electron chi connectivity index (χ3n) is 2.27. The Labute approximate surface area is 139 Å². The van der Waals surface area contributed by atoms with Crippen molar-refractivity contribution < 1.29 is 14.2 Å². The number of rotatable bonds is 8. The van der Waals surface area contributed by atoms with Gasteiger partial charge in [-0.05, 0) is 57.8 Å². The highest BCUT2D eigenvalue weighted by atomic mass is 79.9. The molecule has 1 rings (SSSR count). The number of hydrogen-bond donors (Lipinski definition) is 0. The highest BCUT2D eigenvalue weighted by Crippen LogP contribution is 2.36. The summed E-state index contributed by atoms with van der Waals surface area (Å²) in [6, 6.07) is 3.89. The zero-order valence-electron chi connectivity index (χ0n) is 10.9. The van der Waals surface area contributed by atoms with Gasteiger partial charge in [0.2, 0.25) is 0 Å². The fourth-order valence-corrected chi connectivity index (χ4v) is 4.00. The van der Waals surface area contributed by atoms with Crippen molar-refractivity contribution in [3.63, 3.8) is 0 Å². The van der Waals surface area contributed by atoms with Gasteiger partial charge in [0.05, 0.1) is 15.6 Å². The average Bonchev–Trinajstić information content (AvgIpc) is 2.32. The van der Waals surface area contributed by atoms with E-state index in [0.717, 1.165) is 19.2 Å². The van der Waals surface area contributed by atoms with Crippen molar-refractivity contribution in [3.8, 4) is 5.75 Å². The maximum absolute atomic E-state index is 5.77. The van der Waals surface area contributed by atoms with Crippen LogP contribution in [-0.2, 0) is 9.47 Å². The molecule has 0 heterocycles. The Morgan fingerprint density at radius 2 is 1.53 bits per heavy atom. The van der Waals surface area contributed by atoms with Crippen molar-refractivity contribution in [2.24, 2.45) is 0 Å². The summed E-state index contributed by atoms with van der Waals surface area (Å²) in [5.74, 6) is 0.787. The molecular weight excluding hydrogens is 444 g/mol. The zero-order chi connectivity index (χ0) is 14.3. The molecule has 19 heavy (non-hydrogen) atoms. The third-order valence-corrected chi connectivity index (χ3v) is 3.90. The normalized spacial score (nSPS) is 11.1. The Bertz CT molecular complexity index is 370. The molecule has 0 bridgehead atoms. The molecule has 0 radical (unpaired) electrons. The van der Waals surface area contributed by atoms with Crippen LogP contribution < -0.4 is 4.74 Å². The highest BCUT2D eigenvalue weighted by molar-refractivity contribution is 9.11. The first-order valence-corrected chi connectivity index (χ1v) is 8.46. The maximum atomic E-state index is 5.77. The van der Waals surface area contributed by atoms with Crippen molar-refractivity contribution in [3.05, 3.63) is 25.6 Å². The number of benzene rings is 1. The van der Waals surface area contributed by atoms with Crippen LogP contribution >= 0.6 is 47.8 Å². The van der Waals surface area contributed by atoms with Crippen LogP contribution in [0.25, 0.3) is 0 Å². The van der Waals surface area contributed by atoms with Gasteiger partial charge < -0.3 is 14.2 Å². The number of ether oxygens (including phenoxy) is 3. The fraction of sp³-hybridized carbons (Fsp3) is 0.538. The van der Waals surface area contributed by atoms with E-state index in [1.54, 1.807) is 0 Å². The van der Waals surface area contributed by atoms with Crippen molar-refractivity contribution in [2.45, 2.75) is 26.6 Å². The molecule has 108 valence electrons. The molecule has 1 aromatic rings. The lowest BCUT2D eigenvalue weighted by Gasteiger charge is -2.17. The fourth-order valence-electron chi connectivity index (χ4n) is 1.51. The molecule has 0 aliphatic carbocycles. The first kappa shape index (κ1) is 17.4. The monoisotopic (exact) mass is 458 g/mol. The standard InChI is InChI=1S/C13H17Br3O3/c1-3-17-12(18-4-2)5-6-19-13-10(15)7-9(14)8-11(13)16/h7-8,12H,3-6H2,1-2H3. The Balaban J connectivity index is 2.52. The van der Waals surface area contributed by atoms with Gasteiger partial charge in [-0.1, -0.05) is 15.9 Å². The van der Waals surface area contributed by atoms with Crippen molar-refractivity contribution in [2.75, 3.05) is 19.8 Å². The topological polar surface area (TPSA) is 27.7 Å². The van der Waals surface area contributed by atoms with Crippen LogP contribution in [0.3, 0.4) is 0 Å². The van der Waals surface area contributed by atoms with Crippen molar-refractivity contribution >= 4 is 47.8 Å². The van der Waals surface area contributed by atoms with Gasteiger partial charge in [-0.2, -0.15) is 0 Å². The minimum Gasteiger partial charge on any atom is -0.491 e. The molecular formula is C13H17Br3O3. The first-order valence-electron chi connectivity index (χ1n) is 6.09. The van der Waals surface area contributed by atoms with Crippen LogP contribution in [0.4, 0.5) is 0 Å². The molecule has 0 saturated carbocycles. The predicted octanol–water partition coefficient (Wildman–Crippen LogP) is 5.14. The molecule has 0 amide bonds. The molecule has 0 atom stereocenters. The Morgan fingerprint density at radius 3 is 2.00 bits per heavy atom. The van der Waals surface area contributed by atoms with Gasteiger partial charge in [0.1, 0.15) is 5.75 Å². The molecule has 0 unspecified atom stereocenters. The van der Waals surface area contributed by atoms with E-state index in [4.69, 9.17) is 14.2 Å². The van der Waals surface area contributed by atoms with Gasteiger partial charge in [0.25, 0.3) is 0 Å². The molecule has 0 N–H and O–H groups in total. The van der Waals surface area contributed by atoms with E-state index in [0.29, 0.717) is 26.2 Å². The third kappa shape index (κ3) is 6.12. The number of halogens is 3. The lowest BCUT2D eigenvalue weighted by atomic mass is 10.3. The van der Waals surface area contributed by atoms with Gasteiger partial charge in [-0.25, -0.2) is 0 Å². The van der Waals surface area contributed by atoms with Crippen LogP contribution in [-0.4, -0.2) is 26.1 Å². The average molecular weight is 461 g/mol. The Hall–Kier alpha value is 0.380. The van der Waals surface area contributed by atoms with Crippen LogP contribution in [0, 0.1) is 0 Å². The summed E-state index contributed by atoms with van der Waals surface area (Å²) in [5.41, 5.74) is 0. The molecule has 0 aliphatic rings. The highest BCUT2D eigenvalue weighted by Gasteiger charge is 2.11. The lowest BCUT2D eigenvalue weighted by Crippen LogP contribution is -2.20. The van der Waals surface area contributed by atoms with Gasteiger partial charge in [0.15, 0.2) is 6.29 Å². The van der Waals surface area contributed by atoms with E-state index < -0.39 is 0 Å². The molecule has 0 saturated heterocycles. The molecule has 0 fully saturated rings. The largest absolute Gasteiger partial charge is 0.491 e. The predicted molar refractivity (Wildman–Crippen MR) is 86.7 cm³/mol. The van der Waals surface area contributed by atoms with Crippen molar-refractivity contribution in [1.29, 1.82) is 0 Å². The second-order valence-electron chi connectivity index (χ2n) is 3.68. The number of hydrogen-bond acceptors (Lipinski definition) is 3. The van der Waals surface area contributed by atoms with E-state index >= 15 is 0 Å². The van der Waals surface area contributed by atoms with Gasteiger partial charge in [0, 0.05) is 24.1 Å². The second-order valence-corrected chi connectivity index (χ2v) is 6.30. The summed E-state index contributed by atoms with van der Waals surface area (Å²) >= 11 is 10.4. The molecule has 3 nitrogen and oxygen atoms in total. The maximum Gasteiger partial charge on any atom is 0.160 e. The van der Waals surface area contributed by atoms with Gasteiger partial charge >= 0.3 is 0 Å². The lowest BCUT2D eigenvalue weighted by molar-refractivity contribution is -0.142. The summed E-state index contributed by atoms with van der Waals surface area (Å²) in [6.07, 6.45) is 0.486. The SMILES string of the molecule is CCOC(CCOc1c(Br)cc(Br)cc1Br)OCC. The summed E-state index contributed by atoms with van der Waals surface area (Å²) in [4.78, 5) is 0. The molecule has 0 spiro atoms. The van der Waals surface area contributed by atoms with Crippen molar-refractivity contribution in [1.82, 2.24) is 0 Å². The first-order chi connectivity index (χ1) is 9.08. The Morgan fingerprint density at radius 1 is 1.00 bits per heavy atom. The summed E-state index contributed by atoms with van der Waals surface area (Å²) < 4.78 is 19.5. The summed E-state index contributed by atoms with van der Waals surface area (Å²) in [6.45, 7) is 5.71. The van der Waals surface area contributed by atoms with Crippen LogP contribution in [0.2, 0.25) is 0 Å². The van der Waals surface area contributed by atoms with Crippen LogP contribution in [0.5, 0.6) is 5.75 Å². The van der Waals surface area contributed by atoms with Crippen LogP contribution in [0.15, 0.2) is 25.6 Å². The Kier molecular flexibility index (Phi) is 8.57. The molecule has 0 aromatic heterocycles. The van der Waals surface area contributed by atoms with Gasteiger partial charge in [-0.3, -0.25) is 0 Å². The van der Waals surface area contributed by atoms with E-state index in [1.807, 2.05) is 26.0 Å². The van der Waals surface area contributed by atoms with E-state index in [9.17, 15) is 0 Å². The smallest absolute Gasteiger partial charge is 0.160 e. The van der Waals surface area contributed by atoms with Crippen LogP contribution in [0.1, 0.15) is 20.3 Å². The molecule has 0 aliphatic heterocycles. The van der Waals surface area contributed by atoms with E-state index in [-0.39, 0.29) is 6.29 Å². The van der Waals surface area contributed by atoms with E-state index in [2.05, 4.69) is 47.8 Å². The summed E-state index contributed by atoms with van der Waals surface area (Å²) in [5, 5.41) is 0. The molecule has 1 aromatic carbocycles. The van der Waals surface area contributed by atoms with E-state index in [1.165, 1.54) is 0 Å². The minimum atomic E-state index is -0.206. The van der Waals surface area contributed by atoms with Gasteiger partial charge in [-0.15, -0.1) is 0 Å². The molecule has 6 heteroatoms. The quantitative estimate of drug-likeness (QED) is 0.502.